The maximum Gasteiger partial charge on any atom is 0.246 e. The number of unbranched alkanes of at least 4 members (excludes halogenated alkanes) is 1. The minimum Gasteiger partial charge on any atom is -0.364 e. The predicted octanol–water partition coefficient (Wildman–Crippen LogP) is 0.508. The van der Waals surface area contributed by atoms with Crippen LogP contribution in [0.1, 0.15) is 26.7 Å². The molecule has 76 valence electrons. The predicted molar refractivity (Wildman–Crippen MR) is 49.4 cm³/mol. The average molecular weight is 187 g/mol. The van der Waals surface area contributed by atoms with Crippen molar-refractivity contribution in [3.63, 3.8) is 0 Å². The van der Waals surface area contributed by atoms with Gasteiger partial charge in [-0.1, -0.05) is 13.3 Å². The largest absolute Gasteiger partial charge is 0.364 e. The molecule has 0 radical (unpaired) electrons. The van der Waals surface area contributed by atoms with E-state index in [0.717, 1.165) is 12.8 Å². The van der Waals surface area contributed by atoms with Crippen molar-refractivity contribution < 1.29 is 14.3 Å². The fourth-order valence-corrected chi connectivity index (χ4v) is 0.743. The second kappa shape index (κ2) is 7.73. The molecule has 0 rings (SSSR count). The molecule has 1 N–H and O–H groups in total. The Hall–Kier alpha value is -0.900. The molecule has 0 saturated carbocycles. The number of ketones is 1. The average Bonchev–Trinajstić information content (AvgIpc) is 2.04. The standard InChI is InChI=1S/C9H17NO3/c1-3-4-5-10-9(12)7-13-6-8(2)11/h3-7H2,1-2H3,(H,10,12). The van der Waals surface area contributed by atoms with Gasteiger partial charge in [0.1, 0.15) is 13.2 Å². The minimum absolute atomic E-state index is 0.0151. The van der Waals surface area contributed by atoms with Gasteiger partial charge in [0.25, 0.3) is 0 Å². The Labute approximate surface area is 78.6 Å². The molecule has 0 aromatic heterocycles. The first-order valence-electron chi connectivity index (χ1n) is 4.50. The minimum atomic E-state index is -0.158. The lowest BCUT2D eigenvalue weighted by Gasteiger charge is -2.03. The number of amides is 1. The molecular weight excluding hydrogens is 170 g/mol. The normalized spacial score (nSPS) is 9.69. The molecule has 0 bridgehead atoms. The summed E-state index contributed by atoms with van der Waals surface area (Å²) in [5.41, 5.74) is 0. The van der Waals surface area contributed by atoms with Gasteiger partial charge in [0.05, 0.1) is 0 Å². The lowest BCUT2D eigenvalue weighted by molar-refractivity contribution is -0.129. The molecule has 1 amide bonds. The lowest BCUT2D eigenvalue weighted by Crippen LogP contribution is -2.29. The van der Waals surface area contributed by atoms with Gasteiger partial charge in [-0.25, -0.2) is 0 Å². The highest BCUT2D eigenvalue weighted by atomic mass is 16.5. The van der Waals surface area contributed by atoms with E-state index in [1.807, 2.05) is 0 Å². The third-order valence-corrected chi connectivity index (χ3v) is 1.39. The Kier molecular flexibility index (Phi) is 7.20. The van der Waals surface area contributed by atoms with E-state index in [0.29, 0.717) is 6.54 Å². The molecule has 0 heterocycles. The molecular formula is C9H17NO3. The zero-order valence-corrected chi connectivity index (χ0v) is 8.26. The van der Waals surface area contributed by atoms with E-state index in [1.165, 1.54) is 6.92 Å². The van der Waals surface area contributed by atoms with E-state index in [1.54, 1.807) is 0 Å². The second-order valence-corrected chi connectivity index (χ2v) is 2.90. The Morgan fingerprint density at radius 1 is 1.31 bits per heavy atom. The van der Waals surface area contributed by atoms with Crippen LogP contribution >= 0.6 is 0 Å². The molecule has 0 saturated heterocycles. The van der Waals surface area contributed by atoms with Gasteiger partial charge in [0.15, 0.2) is 5.78 Å². The van der Waals surface area contributed by atoms with Crippen LogP contribution in [-0.4, -0.2) is 31.4 Å². The first-order chi connectivity index (χ1) is 6.16. The molecule has 0 atom stereocenters. The number of nitrogens with one attached hydrogen (secondary N) is 1. The Morgan fingerprint density at radius 2 is 2.00 bits per heavy atom. The number of hydrogen-bond acceptors (Lipinski definition) is 3. The summed E-state index contributed by atoms with van der Waals surface area (Å²) in [4.78, 5) is 21.4. The van der Waals surface area contributed by atoms with E-state index in [-0.39, 0.29) is 24.9 Å². The summed E-state index contributed by atoms with van der Waals surface area (Å²) in [5.74, 6) is -0.226. The van der Waals surface area contributed by atoms with Crippen LogP contribution in [0.15, 0.2) is 0 Å². The zero-order chi connectivity index (χ0) is 10.1. The molecule has 0 fully saturated rings. The molecule has 0 aliphatic carbocycles. The number of carbonyl (C=O) groups is 2. The number of hydrogen-bond donors (Lipinski definition) is 1. The monoisotopic (exact) mass is 187 g/mol. The molecule has 0 aromatic carbocycles. The van der Waals surface area contributed by atoms with Crippen LogP contribution in [0, 0.1) is 0 Å². The first-order valence-corrected chi connectivity index (χ1v) is 4.50. The number of rotatable bonds is 7. The van der Waals surface area contributed by atoms with Crippen LogP contribution in [0.5, 0.6) is 0 Å². The second-order valence-electron chi connectivity index (χ2n) is 2.90. The molecule has 0 aliphatic rings. The Morgan fingerprint density at radius 3 is 2.54 bits per heavy atom. The molecule has 4 nitrogen and oxygen atoms in total. The molecule has 13 heavy (non-hydrogen) atoms. The summed E-state index contributed by atoms with van der Waals surface area (Å²) in [6.07, 6.45) is 2.02. The Bertz CT molecular complexity index is 168. The van der Waals surface area contributed by atoms with Crippen LogP contribution in [0.3, 0.4) is 0 Å². The van der Waals surface area contributed by atoms with E-state index < -0.39 is 0 Å². The van der Waals surface area contributed by atoms with E-state index in [2.05, 4.69) is 12.2 Å². The quantitative estimate of drug-likeness (QED) is 0.591. The van der Waals surface area contributed by atoms with Crippen LogP contribution in [0.2, 0.25) is 0 Å². The number of Topliss-reactive ketones (excluding diaryl/α,β-unsaturated/α-hetero) is 1. The smallest absolute Gasteiger partial charge is 0.246 e. The molecule has 0 aromatic rings. The van der Waals surface area contributed by atoms with Gasteiger partial charge in [-0.15, -0.1) is 0 Å². The molecule has 4 heteroatoms. The van der Waals surface area contributed by atoms with Crippen molar-refractivity contribution in [2.45, 2.75) is 26.7 Å². The van der Waals surface area contributed by atoms with Crippen molar-refractivity contribution in [2.75, 3.05) is 19.8 Å². The summed E-state index contributed by atoms with van der Waals surface area (Å²) < 4.78 is 4.83. The fraction of sp³-hybridized carbons (Fsp3) is 0.778. The van der Waals surface area contributed by atoms with Crippen LogP contribution in [0.4, 0.5) is 0 Å². The van der Waals surface area contributed by atoms with Crippen molar-refractivity contribution in [3.05, 3.63) is 0 Å². The van der Waals surface area contributed by atoms with Gasteiger partial charge >= 0.3 is 0 Å². The lowest BCUT2D eigenvalue weighted by atomic mass is 10.3. The van der Waals surface area contributed by atoms with Gasteiger partial charge in [0.2, 0.25) is 5.91 Å². The summed E-state index contributed by atoms with van der Waals surface area (Å²) in [7, 11) is 0. The third-order valence-electron chi connectivity index (χ3n) is 1.39. The van der Waals surface area contributed by atoms with Crippen molar-refractivity contribution in [2.24, 2.45) is 0 Å². The van der Waals surface area contributed by atoms with Crippen LogP contribution in [-0.2, 0) is 14.3 Å². The highest BCUT2D eigenvalue weighted by Crippen LogP contribution is 1.83. The third kappa shape index (κ3) is 9.01. The van der Waals surface area contributed by atoms with E-state index in [4.69, 9.17) is 4.74 Å². The zero-order valence-electron chi connectivity index (χ0n) is 8.26. The Balaban J connectivity index is 3.25. The highest BCUT2D eigenvalue weighted by molar-refractivity contribution is 5.79. The number of ether oxygens (including phenoxy) is 1. The van der Waals surface area contributed by atoms with Gasteiger partial charge in [-0.05, 0) is 13.3 Å². The van der Waals surface area contributed by atoms with Gasteiger partial charge in [-0.2, -0.15) is 0 Å². The van der Waals surface area contributed by atoms with Gasteiger partial charge in [-0.3, -0.25) is 9.59 Å². The summed E-state index contributed by atoms with van der Waals surface area (Å²) >= 11 is 0. The van der Waals surface area contributed by atoms with Crippen molar-refractivity contribution in [3.8, 4) is 0 Å². The summed E-state index contributed by atoms with van der Waals surface area (Å²) in [6, 6.07) is 0. The first kappa shape index (κ1) is 12.1. The maximum absolute atomic E-state index is 11.0. The topological polar surface area (TPSA) is 55.4 Å². The summed E-state index contributed by atoms with van der Waals surface area (Å²) in [5, 5.41) is 2.68. The van der Waals surface area contributed by atoms with Crippen LogP contribution in [0.25, 0.3) is 0 Å². The SMILES string of the molecule is CCCCNC(=O)COCC(C)=O. The van der Waals surface area contributed by atoms with Crippen molar-refractivity contribution >= 4 is 11.7 Å². The molecule has 0 aliphatic heterocycles. The van der Waals surface area contributed by atoms with E-state index in [9.17, 15) is 9.59 Å². The van der Waals surface area contributed by atoms with E-state index >= 15 is 0 Å². The fourth-order valence-electron chi connectivity index (χ4n) is 0.743. The summed E-state index contributed by atoms with van der Waals surface area (Å²) in [6.45, 7) is 4.15. The van der Waals surface area contributed by atoms with Gasteiger partial charge in [0, 0.05) is 6.54 Å². The molecule has 0 spiro atoms. The van der Waals surface area contributed by atoms with Gasteiger partial charge < -0.3 is 10.1 Å². The maximum atomic E-state index is 11.0. The van der Waals surface area contributed by atoms with Crippen LogP contribution < -0.4 is 5.32 Å². The van der Waals surface area contributed by atoms with Crippen molar-refractivity contribution in [1.82, 2.24) is 5.32 Å². The number of carbonyl (C=O) groups excluding carboxylic acids is 2. The highest BCUT2D eigenvalue weighted by Gasteiger charge is 2.00. The molecule has 0 unspecified atom stereocenters. The van der Waals surface area contributed by atoms with Crippen molar-refractivity contribution in [1.29, 1.82) is 0 Å².